The van der Waals surface area contributed by atoms with Crippen molar-refractivity contribution in [2.45, 2.75) is 73.1 Å². The van der Waals surface area contributed by atoms with Crippen LogP contribution in [-0.2, 0) is 32.4 Å². The lowest BCUT2D eigenvalue weighted by molar-refractivity contribution is -0.0570. The van der Waals surface area contributed by atoms with E-state index in [4.69, 9.17) is 17.8 Å². The molecule has 10 heteroatoms. The van der Waals surface area contributed by atoms with Crippen molar-refractivity contribution in [1.29, 1.82) is 0 Å². The third kappa shape index (κ3) is 8.76. The molecular formula is C16H34FO7PS. The van der Waals surface area contributed by atoms with Gasteiger partial charge in [0.15, 0.2) is 0 Å². The lowest BCUT2D eigenvalue weighted by Crippen LogP contribution is -2.35. The maximum atomic E-state index is 14.5. The highest BCUT2D eigenvalue weighted by Crippen LogP contribution is 2.49. The van der Waals surface area contributed by atoms with E-state index >= 15 is 0 Å². The number of phosphoric ester groups is 1. The van der Waals surface area contributed by atoms with Gasteiger partial charge >= 0.3 is 7.82 Å². The molecular weight excluding hydrogens is 386 g/mol. The lowest BCUT2D eigenvalue weighted by atomic mass is 9.80. The molecule has 0 aliphatic carbocycles. The predicted molar refractivity (Wildman–Crippen MR) is 99.1 cm³/mol. The summed E-state index contributed by atoms with van der Waals surface area (Å²) in [6.45, 7) is 8.88. The van der Waals surface area contributed by atoms with Crippen LogP contribution in [0.15, 0.2) is 0 Å². The Morgan fingerprint density at radius 1 is 0.885 bits per heavy atom. The summed E-state index contributed by atoms with van der Waals surface area (Å²) < 4.78 is 70.8. The largest absolute Gasteiger partial charge is 0.474 e. The van der Waals surface area contributed by atoms with Gasteiger partial charge < -0.3 is 0 Å². The van der Waals surface area contributed by atoms with Crippen LogP contribution in [0.2, 0.25) is 0 Å². The monoisotopic (exact) mass is 420 g/mol. The molecule has 26 heavy (non-hydrogen) atoms. The van der Waals surface area contributed by atoms with Crippen molar-refractivity contribution < 1.29 is 35.1 Å². The normalized spacial score (nSPS) is 14.5. The highest BCUT2D eigenvalue weighted by atomic mass is 32.2. The second-order valence-electron chi connectivity index (χ2n) is 6.04. The number of rotatable bonds is 16. The van der Waals surface area contributed by atoms with E-state index in [1.54, 1.807) is 20.8 Å². The van der Waals surface area contributed by atoms with Crippen LogP contribution in [0.4, 0.5) is 4.39 Å². The van der Waals surface area contributed by atoms with Crippen molar-refractivity contribution in [2.24, 2.45) is 5.41 Å². The van der Waals surface area contributed by atoms with Crippen LogP contribution in [0.5, 0.6) is 0 Å². The zero-order valence-corrected chi connectivity index (χ0v) is 18.2. The summed E-state index contributed by atoms with van der Waals surface area (Å²) in [4.78, 5) is 0. The van der Waals surface area contributed by atoms with Gasteiger partial charge in [0, 0.05) is 5.41 Å². The van der Waals surface area contributed by atoms with E-state index in [-0.39, 0.29) is 13.2 Å². The molecule has 0 aromatic heterocycles. The molecule has 0 rings (SSSR count). The number of hydrogen-bond acceptors (Lipinski definition) is 7. The van der Waals surface area contributed by atoms with Crippen molar-refractivity contribution in [1.82, 2.24) is 0 Å². The number of hydrogen-bond donors (Lipinski definition) is 0. The third-order valence-corrected chi connectivity index (χ3v) is 6.94. The lowest BCUT2D eigenvalue weighted by Gasteiger charge is -2.32. The third-order valence-electron chi connectivity index (χ3n) is 4.31. The molecule has 0 spiro atoms. The van der Waals surface area contributed by atoms with Crippen molar-refractivity contribution in [3.8, 4) is 0 Å². The molecule has 0 N–H and O–H groups in total. The van der Waals surface area contributed by atoms with Crippen LogP contribution >= 0.6 is 7.82 Å². The molecule has 0 saturated heterocycles. The van der Waals surface area contributed by atoms with Crippen molar-refractivity contribution in [3.63, 3.8) is 0 Å². The summed E-state index contributed by atoms with van der Waals surface area (Å²) in [6.07, 6.45) is 0.628. The zero-order chi connectivity index (χ0) is 20.3. The van der Waals surface area contributed by atoms with Gasteiger partial charge in [0.25, 0.3) is 10.1 Å². The van der Waals surface area contributed by atoms with Crippen LogP contribution in [0.1, 0.15) is 66.7 Å². The Morgan fingerprint density at radius 2 is 1.31 bits per heavy atom. The molecule has 0 aromatic rings. The van der Waals surface area contributed by atoms with Crippen molar-refractivity contribution in [3.05, 3.63) is 0 Å². The van der Waals surface area contributed by atoms with Gasteiger partial charge in [-0.1, -0.05) is 34.6 Å². The Labute approximate surface area is 157 Å². The first kappa shape index (κ1) is 26.0. The molecule has 0 aromatic carbocycles. The van der Waals surface area contributed by atoms with Gasteiger partial charge in [0.1, 0.15) is 0 Å². The number of alkyl halides is 1. The second-order valence-corrected chi connectivity index (χ2v) is 9.43. The van der Waals surface area contributed by atoms with Gasteiger partial charge in [0.2, 0.25) is 6.36 Å². The van der Waals surface area contributed by atoms with Gasteiger partial charge in [-0.2, -0.15) is 8.42 Å². The smallest absolute Gasteiger partial charge is 0.287 e. The molecule has 0 aliphatic rings. The van der Waals surface area contributed by atoms with E-state index in [1.165, 1.54) is 0 Å². The average molecular weight is 420 g/mol. The summed E-state index contributed by atoms with van der Waals surface area (Å²) in [5.74, 6) is -0.643. The fourth-order valence-corrected chi connectivity index (χ4v) is 4.60. The van der Waals surface area contributed by atoms with E-state index < -0.39 is 42.1 Å². The molecule has 0 heterocycles. The molecule has 0 saturated carbocycles. The summed E-state index contributed by atoms with van der Waals surface area (Å²) in [5.41, 5.74) is -0.850. The maximum absolute atomic E-state index is 14.5. The predicted octanol–water partition coefficient (Wildman–Crippen LogP) is 4.82. The summed E-state index contributed by atoms with van der Waals surface area (Å²) >= 11 is 0. The topological polar surface area (TPSA) is 88.1 Å². The van der Waals surface area contributed by atoms with Crippen molar-refractivity contribution >= 4 is 17.9 Å². The minimum atomic E-state index is -4.19. The van der Waals surface area contributed by atoms with E-state index in [0.29, 0.717) is 32.1 Å². The molecule has 158 valence electrons. The van der Waals surface area contributed by atoms with Crippen LogP contribution in [0.3, 0.4) is 0 Å². The Morgan fingerprint density at radius 3 is 1.69 bits per heavy atom. The molecule has 0 radical (unpaired) electrons. The van der Waals surface area contributed by atoms with Gasteiger partial charge in [-0.3, -0.25) is 13.6 Å². The van der Waals surface area contributed by atoms with E-state index in [2.05, 4.69) is 0 Å². The Hall–Kier alpha value is -0.0500. The summed E-state index contributed by atoms with van der Waals surface area (Å²) in [7, 11) is -8.03. The number of phosphoric acid groups is 1. The molecule has 0 fully saturated rings. The molecule has 1 atom stereocenters. The fourth-order valence-electron chi connectivity index (χ4n) is 2.28. The van der Waals surface area contributed by atoms with Crippen LogP contribution in [-0.4, -0.2) is 40.3 Å². The molecule has 1 unspecified atom stereocenters. The Kier molecular flexibility index (Phi) is 12.4. The van der Waals surface area contributed by atoms with Crippen molar-refractivity contribution in [2.75, 3.05) is 25.6 Å². The first-order valence-corrected chi connectivity index (χ1v) is 12.3. The van der Waals surface area contributed by atoms with Gasteiger partial charge in [-0.25, -0.2) is 13.1 Å². The fraction of sp³-hybridized carbons (Fsp3) is 1.00. The average Bonchev–Trinajstić information content (AvgIpc) is 2.60. The zero-order valence-electron chi connectivity index (χ0n) is 16.5. The molecule has 0 amide bonds. The first-order chi connectivity index (χ1) is 12.1. The summed E-state index contributed by atoms with van der Waals surface area (Å²) in [6, 6.07) is 0. The first-order valence-electron chi connectivity index (χ1n) is 9.22. The summed E-state index contributed by atoms with van der Waals surface area (Å²) in [5, 5.41) is 0. The second kappa shape index (κ2) is 12.4. The van der Waals surface area contributed by atoms with Crippen LogP contribution in [0.25, 0.3) is 0 Å². The van der Waals surface area contributed by atoms with Gasteiger partial charge in [0.05, 0.1) is 25.6 Å². The van der Waals surface area contributed by atoms with Crippen LogP contribution < -0.4 is 0 Å². The van der Waals surface area contributed by atoms with E-state index in [0.717, 1.165) is 0 Å². The highest BCUT2D eigenvalue weighted by molar-refractivity contribution is 7.86. The number of halogens is 1. The Bertz CT molecular complexity index is 502. The molecule has 7 nitrogen and oxygen atoms in total. The van der Waals surface area contributed by atoms with Crippen LogP contribution in [0, 0.1) is 5.41 Å². The maximum Gasteiger partial charge on any atom is 0.474 e. The highest BCUT2D eigenvalue weighted by Gasteiger charge is 2.38. The van der Waals surface area contributed by atoms with Gasteiger partial charge in [-0.15, -0.1) is 0 Å². The quantitative estimate of drug-likeness (QED) is 0.261. The Balaban J connectivity index is 4.77. The minimum Gasteiger partial charge on any atom is -0.287 e. The molecule has 0 bridgehead atoms. The minimum absolute atomic E-state index is 0.156. The van der Waals surface area contributed by atoms with E-state index in [9.17, 15) is 17.4 Å². The standard InChI is InChI=1S/C16H34FO7PS/c1-6-11-21-25(18,22-12-7-2)23-13-14-26(19,20)24-15(17)16(8-3,9-4)10-5/h15H,6-14H2,1-5H3. The van der Waals surface area contributed by atoms with Gasteiger partial charge in [-0.05, 0) is 32.1 Å². The van der Waals surface area contributed by atoms with E-state index in [1.807, 2.05) is 13.8 Å². The molecule has 0 aliphatic heterocycles. The SMILES string of the molecule is CCCOP(=O)(OCCC)OCCS(=O)(=O)OC(F)C(CC)(CC)CC.